The summed E-state index contributed by atoms with van der Waals surface area (Å²) in [6, 6.07) is 14.5. The van der Waals surface area contributed by atoms with Crippen LogP contribution in [0.25, 0.3) is 0 Å². The Labute approximate surface area is 138 Å². The monoisotopic (exact) mass is 364 g/mol. The number of hydrogen-bond donors (Lipinski definition) is 0. The molecule has 0 aromatic heterocycles. The number of rotatable bonds is 7. The van der Waals surface area contributed by atoms with Crippen LogP contribution in [0.1, 0.15) is 17.3 Å². The highest BCUT2D eigenvalue weighted by molar-refractivity contribution is 9.10. The molecule has 0 amide bonds. The molecule has 0 saturated heterocycles. The van der Waals surface area contributed by atoms with Crippen LogP contribution < -0.4 is 9.47 Å². The van der Waals surface area contributed by atoms with Crippen molar-refractivity contribution in [2.24, 2.45) is 0 Å². The third kappa shape index (κ3) is 4.77. The summed E-state index contributed by atoms with van der Waals surface area (Å²) in [6.45, 7) is 2.98. The van der Waals surface area contributed by atoms with Crippen LogP contribution in [0.15, 0.2) is 53.0 Å². The van der Waals surface area contributed by atoms with E-state index in [9.17, 15) is 4.79 Å². The molecular weight excluding hydrogens is 348 g/mol. The molecular formula is C17H17BrO4. The smallest absolute Gasteiger partial charge is 0.338 e. The van der Waals surface area contributed by atoms with Gasteiger partial charge in [0.2, 0.25) is 0 Å². The summed E-state index contributed by atoms with van der Waals surface area (Å²) in [7, 11) is 0. The molecule has 0 aliphatic heterocycles. The summed E-state index contributed by atoms with van der Waals surface area (Å²) in [4.78, 5) is 11.9. The number of carbonyl (C=O) groups excluding carboxylic acids is 1. The van der Waals surface area contributed by atoms with Crippen LogP contribution in [-0.4, -0.2) is 25.8 Å². The van der Waals surface area contributed by atoms with E-state index >= 15 is 0 Å². The molecule has 2 aromatic carbocycles. The number of ether oxygens (including phenoxy) is 3. The van der Waals surface area contributed by atoms with E-state index in [1.165, 1.54) is 0 Å². The zero-order chi connectivity index (χ0) is 15.8. The summed E-state index contributed by atoms with van der Waals surface area (Å²) in [6.07, 6.45) is 0. The van der Waals surface area contributed by atoms with Crippen molar-refractivity contribution in [1.29, 1.82) is 0 Å². The van der Waals surface area contributed by atoms with Gasteiger partial charge in [-0.05, 0) is 53.2 Å². The summed E-state index contributed by atoms with van der Waals surface area (Å²) in [5.74, 6) is 1.06. The van der Waals surface area contributed by atoms with Crippen LogP contribution >= 0.6 is 15.9 Å². The Kier molecular flexibility index (Phi) is 6.27. The van der Waals surface area contributed by atoms with Crippen molar-refractivity contribution in [3.8, 4) is 11.5 Å². The van der Waals surface area contributed by atoms with E-state index < -0.39 is 0 Å². The van der Waals surface area contributed by atoms with Crippen molar-refractivity contribution in [2.45, 2.75) is 6.92 Å². The first-order valence-corrected chi connectivity index (χ1v) is 7.77. The van der Waals surface area contributed by atoms with Crippen molar-refractivity contribution < 1.29 is 19.0 Å². The molecule has 116 valence electrons. The van der Waals surface area contributed by atoms with Gasteiger partial charge in [-0.25, -0.2) is 4.79 Å². The van der Waals surface area contributed by atoms with Crippen LogP contribution in [0, 0.1) is 0 Å². The van der Waals surface area contributed by atoms with Gasteiger partial charge in [-0.15, -0.1) is 0 Å². The Morgan fingerprint density at radius 2 is 1.82 bits per heavy atom. The van der Waals surface area contributed by atoms with Crippen LogP contribution in [0.4, 0.5) is 0 Å². The van der Waals surface area contributed by atoms with Crippen molar-refractivity contribution >= 4 is 21.9 Å². The van der Waals surface area contributed by atoms with Gasteiger partial charge in [0, 0.05) is 0 Å². The van der Waals surface area contributed by atoms with Gasteiger partial charge in [0.05, 0.1) is 16.6 Å². The van der Waals surface area contributed by atoms with Crippen LogP contribution in [0.2, 0.25) is 0 Å². The zero-order valence-corrected chi connectivity index (χ0v) is 13.8. The fourth-order valence-electron chi connectivity index (χ4n) is 1.79. The molecule has 0 spiro atoms. The number of halogens is 1. The van der Waals surface area contributed by atoms with Crippen molar-refractivity contribution in [1.82, 2.24) is 0 Å². The summed E-state index contributed by atoms with van der Waals surface area (Å²) in [5.41, 5.74) is 0.468. The Hall–Kier alpha value is -2.01. The predicted molar refractivity (Wildman–Crippen MR) is 87.5 cm³/mol. The first-order chi connectivity index (χ1) is 10.7. The lowest BCUT2D eigenvalue weighted by Gasteiger charge is -2.09. The third-order valence-corrected chi connectivity index (χ3v) is 3.42. The maximum Gasteiger partial charge on any atom is 0.338 e. The minimum atomic E-state index is -0.389. The van der Waals surface area contributed by atoms with Crippen molar-refractivity contribution in [3.63, 3.8) is 0 Å². The topological polar surface area (TPSA) is 44.8 Å². The van der Waals surface area contributed by atoms with Gasteiger partial charge in [0.25, 0.3) is 0 Å². The summed E-state index contributed by atoms with van der Waals surface area (Å²) in [5, 5.41) is 0. The fraction of sp³-hybridized carbons (Fsp3) is 0.235. The lowest BCUT2D eigenvalue weighted by atomic mass is 10.2. The Morgan fingerprint density at radius 1 is 1.05 bits per heavy atom. The number of esters is 1. The second kappa shape index (κ2) is 8.44. The molecule has 0 heterocycles. The summed E-state index contributed by atoms with van der Waals surface area (Å²) < 4.78 is 16.8. The molecule has 0 fully saturated rings. The van der Waals surface area contributed by atoms with E-state index in [1.54, 1.807) is 18.2 Å². The van der Waals surface area contributed by atoms with Crippen molar-refractivity contribution in [3.05, 3.63) is 58.6 Å². The highest BCUT2D eigenvalue weighted by Gasteiger charge is 2.10. The average molecular weight is 365 g/mol. The standard InChI is InChI=1S/C17H17BrO4/c1-2-20-16-9-8-13(12-15(16)18)17(19)22-11-10-21-14-6-4-3-5-7-14/h3-9,12H,2,10-11H2,1H3. The van der Waals surface area contributed by atoms with Gasteiger partial charge in [0.15, 0.2) is 0 Å². The third-order valence-electron chi connectivity index (χ3n) is 2.80. The SMILES string of the molecule is CCOc1ccc(C(=O)OCCOc2ccccc2)cc1Br. The molecule has 0 unspecified atom stereocenters. The normalized spacial score (nSPS) is 10.1. The molecule has 0 radical (unpaired) electrons. The van der Waals surface area contributed by atoms with Crippen LogP contribution in [-0.2, 0) is 4.74 Å². The Morgan fingerprint density at radius 3 is 2.50 bits per heavy atom. The molecule has 2 rings (SSSR count). The maximum atomic E-state index is 11.9. The molecule has 2 aromatic rings. The fourth-order valence-corrected chi connectivity index (χ4v) is 2.29. The lowest BCUT2D eigenvalue weighted by molar-refractivity contribution is 0.0450. The van der Waals surface area contributed by atoms with Gasteiger partial charge in [-0.2, -0.15) is 0 Å². The number of para-hydroxylation sites is 1. The van der Waals surface area contributed by atoms with E-state index in [4.69, 9.17) is 14.2 Å². The highest BCUT2D eigenvalue weighted by atomic mass is 79.9. The zero-order valence-electron chi connectivity index (χ0n) is 12.3. The maximum absolute atomic E-state index is 11.9. The van der Waals surface area contributed by atoms with E-state index in [0.29, 0.717) is 24.5 Å². The largest absolute Gasteiger partial charge is 0.493 e. The Balaban J connectivity index is 1.81. The number of benzene rings is 2. The molecule has 4 nitrogen and oxygen atoms in total. The molecule has 0 N–H and O–H groups in total. The quantitative estimate of drug-likeness (QED) is 0.548. The molecule has 0 aliphatic carbocycles. The number of hydrogen-bond acceptors (Lipinski definition) is 4. The molecule has 0 atom stereocenters. The molecule has 0 saturated carbocycles. The first kappa shape index (κ1) is 16.4. The molecule has 0 aliphatic rings. The second-order valence-corrected chi connectivity index (χ2v) is 5.23. The van der Waals surface area contributed by atoms with Crippen LogP contribution in [0.3, 0.4) is 0 Å². The molecule has 5 heteroatoms. The van der Waals surface area contributed by atoms with E-state index in [1.807, 2.05) is 37.3 Å². The van der Waals surface area contributed by atoms with Gasteiger partial charge in [-0.3, -0.25) is 0 Å². The number of carbonyl (C=O) groups is 1. The predicted octanol–water partition coefficient (Wildman–Crippen LogP) is 4.08. The summed E-state index contributed by atoms with van der Waals surface area (Å²) >= 11 is 3.37. The molecule has 22 heavy (non-hydrogen) atoms. The van der Waals surface area contributed by atoms with Crippen LogP contribution in [0.5, 0.6) is 11.5 Å². The van der Waals surface area contributed by atoms with Gasteiger partial charge >= 0.3 is 5.97 Å². The lowest BCUT2D eigenvalue weighted by Crippen LogP contribution is -2.12. The van der Waals surface area contributed by atoms with E-state index in [-0.39, 0.29) is 12.6 Å². The van der Waals surface area contributed by atoms with E-state index in [0.717, 1.165) is 10.2 Å². The average Bonchev–Trinajstić information content (AvgIpc) is 2.54. The Bertz CT molecular complexity index is 613. The van der Waals surface area contributed by atoms with E-state index in [2.05, 4.69) is 15.9 Å². The van der Waals surface area contributed by atoms with Gasteiger partial charge in [-0.1, -0.05) is 18.2 Å². The second-order valence-electron chi connectivity index (χ2n) is 4.38. The minimum Gasteiger partial charge on any atom is -0.493 e. The van der Waals surface area contributed by atoms with Gasteiger partial charge in [0.1, 0.15) is 24.7 Å². The highest BCUT2D eigenvalue weighted by Crippen LogP contribution is 2.26. The molecule has 0 bridgehead atoms. The van der Waals surface area contributed by atoms with Crippen molar-refractivity contribution in [2.75, 3.05) is 19.8 Å². The van der Waals surface area contributed by atoms with Gasteiger partial charge < -0.3 is 14.2 Å². The first-order valence-electron chi connectivity index (χ1n) is 6.98. The minimum absolute atomic E-state index is 0.193.